The highest BCUT2D eigenvalue weighted by molar-refractivity contribution is 7.56. The molecule has 0 radical (unpaired) electrons. The average molecular weight is 658 g/mol. The van der Waals surface area contributed by atoms with Gasteiger partial charge in [-0.2, -0.15) is 0 Å². The van der Waals surface area contributed by atoms with Gasteiger partial charge in [0.2, 0.25) is 0 Å². The summed E-state index contributed by atoms with van der Waals surface area (Å²) < 4.78 is 13.6. The molecule has 0 aliphatic rings. The molecule has 0 aromatic rings. The van der Waals surface area contributed by atoms with Crippen molar-refractivity contribution in [3.63, 3.8) is 0 Å². The van der Waals surface area contributed by atoms with E-state index in [4.69, 9.17) is 0 Å². The summed E-state index contributed by atoms with van der Waals surface area (Å²) in [4.78, 5) is 12.3. The molecule has 0 aliphatic heterocycles. The molecular weight excluding hydrogens is 569 g/mol. The number of nitrogens with zero attached hydrogens (tertiary/aromatic N) is 1. The van der Waals surface area contributed by atoms with Gasteiger partial charge in [0.1, 0.15) is 0 Å². The van der Waals surface area contributed by atoms with Gasteiger partial charge < -0.3 is 13.9 Å². The van der Waals surface area contributed by atoms with Crippen LogP contribution in [0.15, 0.2) is 0 Å². The molecule has 0 saturated heterocycles. The molecule has 274 valence electrons. The molecule has 0 aromatic heterocycles. The minimum Gasteiger partial charge on any atom is -0.799 e. The molecule has 45 heavy (non-hydrogen) atoms. The first-order valence-corrected chi connectivity index (χ1v) is 22.0. The molecule has 0 heterocycles. The Morgan fingerprint density at radius 1 is 0.511 bits per heavy atom. The monoisotopic (exact) mass is 658 g/mol. The first kappa shape index (κ1) is 47.3. The number of hydrogen-bond donors (Lipinski definition) is 0. The summed E-state index contributed by atoms with van der Waals surface area (Å²) in [6.45, 7) is 28.4. The molecule has 0 aromatic carbocycles. The van der Waals surface area contributed by atoms with Crippen LogP contribution in [0, 0.1) is 22.7 Å². The molecule has 4 heteroatoms. The van der Waals surface area contributed by atoms with E-state index in [1.54, 1.807) is 0 Å². The zero-order valence-electron chi connectivity index (χ0n) is 33.5. The van der Waals surface area contributed by atoms with Crippen LogP contribution in [0.5, 0.6) is 0 Å². The quantitative estimate of drug-likeness (QED) is 0.0501. The van der Waals surface area contributed by atoms with Crippen molar-refractivity contribution in [3.8, 4) is 0 Å². The maximum absolute atomic E-state index is 12.3. The molecule has 0 fully saturated rings. The first-order valence-electron chi connectivity index (χ1n) is 20.0. The summed E-state index contributed by atoms with van der Waals surface area (Å²) in [5, 5.41) is 0. The van der Waals surface area contributed by atoms with Crippen molar-refractivity contribution in [2.24, 2.45) is 22.7 Å². The smallest absolute Gasteiger partial charge is 0.0784 e. The summed E-state index contributed by atoms with van der Waals surface area (Å²) >= 11 is 0. The SMILES string of the molecule is CC(CC(C)(C)C)CP(=O)([O-])CC(C)CC(C)(C)C.CCCCCCCC[N+](C)(CCCCCCCC)CCCCCCCC. The second-order valence-electron chi connectivity index (χ2n) is 18.0. The lowest BCUT2D eigenvalue weighted by atomic mass is 9.86. The maximum Gasteiger partial charge on any atom is 0.0784 e. The number of hydrogen-bond acceptors (Lipinski definition) is 2. The average Bonchev–Trinajstić information content (AvgIpc) is 2.87. The molecule has 0 N–H and O–H groups in total. The predicted octanol–water partition coefficient (Wildman–Crippen LogP) is 13.3. The van der Waals surface area contributed by atoms with E-state index in [1.807, 2.05) is 0 Å². The van der Waals surface area contributed by atoms with E-state index >= 15 is 0 Å². The molecule has 3 nitrogen and oxygen atoms in total. The Balaban J connectivity index is 0. The Morgan fingerprint density at radius 2 is 0.756 bits per heavy atom. The van der Waals surface area contributed by atoms with Crippen LogP contribution in [-0.4, -0.2) is 43.5 Å². The van der Waals surface area contributed by atoms with Gasteiger partial charge in [0.15, 0.2) is 0 Å². The predicted molar refractivity (Wildman–Crippen MR) is 205 cm³/mol. The van der Waals surface area contributed by atoms with Gasteiger partial charge in [0.05, 0.1) is 26.7 Å². The van der Waals surface area contributed by atoms with E-state index in [-0.39, 0.29) is 22.7 Å². The molecule has 0 aliphatic carbocycles. The molecular formula is C41H88NO2P. The van der Waals surface area contributed by atoms with Gasteiger partial charge in [0, 0.05) is 7.37 Å². The van der Waals surface area contributed by atoms with Crippen LogP contribution in [0.1, 0.15) is 205 Å². The van der Waals surface area contributed by atoms with Gasteiger partial charge in [-0.05, 0) is 86.4 Å². The van der Waals surface area contributed by atoms with Gasteiger partial charge >= 0.3 is 0 Å². The van der Waals surface area contributed by atoms with Gasteiger partial charge in [-0.25, -0.2) is 0 Å². The Kier molecular flexibility index (Phi) is 28.4. The fourth-order valence-corrected chi connectivity index (χ4v) is 9.71. The van der Waals surface area contributed by atoms with E-state index < -0.39 is 7.37 Å². The lowest BCUT2D eigenvalue weighted by molar-refractivity contribution is -0.910. The number of quaternary nitrogens is 1. The minimum atomic E-state index is -3.23. The minimum absolute atomic E-state index is 0.205. The highest BCUT2D eigenvalue weighted by atomic mass is 31.2. The van der Waals surface area contributed by atoms with Crippen LogP contribution in [0.25, 0.3) is 0 Å². The summed E-state index contributed by atoms with van der Waals surface area (Å²) in [5.74, 6) is 0.510. The Labute approximate surface area is 286 Å². The van der Waals surface area contributed by atoms with E-state index in [1.165, 1.54) is 140 Å². The first-order chi connectivity index (χ1) is 20.9. The van der Waals surface area contributed by atoms with Crippen LogP contribution < -0.4 is 4.89 Å². The van der Waals surface area contributed by atoms with E-state index in [9.17, 15) is 9.46 Å². The van der Waals surface area contributed by atoms with E-state index in [0.717, 1.165) is 12.8 Å². The van der Waals surface area contributed by atoms with E-state index in [0.29, 0.717) is 12.3 Å². The maximum atomic E-state index is 12.3. The molecule has 0 rings (SSSR count). The number of rotatable bonds is 27. The summed E-state index contributed by atoms with van der Waals surface area (Å²) in [5.41, 5.74) is 0.410. The lowest BCUT2D eigenvalue weighted by Crippen LogP contribution is -2.46. The fourth-order valence-electron chi connectivity index (χ4n) is 7.40. The molecule has 0 amide bonds. The Hall–Kier alpha value is 0.150. The van der Waals surface area contributed by atoms with Crippen molar-refractivity contribution in [3.05, 3.63) is 0 Å². The van der Waals surface area contributed by atoms with Gasteiger partial charge in [0.25, 0.3) is 0 Å². The van der Waals surface area contributed by atoms with Gasteiger partial charge in [-0.15, -0.1) is 0 Å². The van der Waals surface area contributed by atoms with Gasteiger partial charge in [-0.3, -0.25) is 0 Å². The third-order valence-electron chi connectivity index (χ3n) is 9.26. The molecule has 0 saturated carbocycles. The Bertz CT molecular complexity index is 624. The number of unbranched alkanes of at least 4 members (excludes halogenated alkanes) is 15. The van der Waals surface area contributed by atoms with Crippen molar-refractivity contribution in [2.45, 2.75) is 205 Å². The third-order valence-corrected chi connectivity index (χ3v) is 11.6. The third kappa shape index (κ3) is 35.3. The zero-order chi connectivity index (χ0) is 34.8. The van der Waals surface area contributed by atoms with Crippen molar-refractivity contribution >= 4 is 7.37 Å². The van der Waals surface area contributed by atoms with Crippen LogP contribution in [0.2, 0.25) is 0 Å². The van der Waals surface area contributed by atoms with Crippen LogP contribution in [0.4, 0.5) is 0 Å². The standard InChI is InChI=1S/C25H54N.C16H35O2P/c1-5-8-11-14-17-20-23-26(4,24-21-18-15-12-9-6-2)25-22-19-16-13-10-7-3;1-13(9-15(3,4)5)11-19(17,18)12-14(2)10-16(6,7)8/h5-25H2,1-4H3;13-14H,9-12H2,1-8H3,(H,17,18)/q+1;/p-1. The van der Waals surface area contributed by atoms with Crippen LogP contribution in [-0.2, 0) is 4.57 Å². The molecule has 2 unspecified atom stereocenters. The second-order valence-corrected chi connectivity index (χ2v) is 20.4. The summed E-state index contributed by atoms with van der Waals surface area (Å²) in [6, 6.07) is 0. The molecule has 2 atom stereocenters. The highest BCUT2D eigenvalue weighted by Crippen LogP contribution is 2.44. The van der Waals surface area contributed by atoms with Gasteiger partial charge in [-0.1, -0.05) is 153 Å². The largest absolute Gasteiger partial charge is 0.799 e. The highest BCUT2D eigenvalue weighted by Gasteiger charge is 2.23. The van der Waals surface area contributed by atoms with Crippen molar-refractivity contribution in [2.75, 3.05) is 39.0 Å². The molecule has 0 spiro atoms. The summed E-state index contributed by atoms with van der Waals surface area (Å²) in [6.07, 6.45) is 28.5. The zero-order valence-corrected chi connectivity index (χ0v) is 34.4. The topological polar surface area (TPSA) is 40.1 Å². The van der Waals surface area contributed by atoms with Crippen molar-refractivity contribution in [1.29, 1.82) is 0 Å². The van der Waals surface area contributed by atoms with Crippen molar-refractivity contribution < 1.29 is 13.9 Å². The second kappa shape index (κ2) is 27.0. The summed E-state index contributed by atoms with van der Waals surface area (Å²) in [7, 11) is -0.667. The normalized spacial score (nSPS) is 15.3. The lowest BCUT2D eigenvalue weighted by Gasteiger charge is -2.35. The Morgan fingerprint density at radius 3 is 1.00 bits per heavy atom. The fraction of sp³-hybridized carbons (Fsp3) is 1.00. The van der Waals surface area contributed by atoms with E-state index in [2.05, 4.69) is 83.2 Å². The van der Waals surface area contributed by atoms with Crippen molar-refractivity contribution in [1.82, 2.24) is 0 Å². The van der Waals surface area contributed by atoms with Crippen LogP contribution >= 0.6 is 7.37 Å². The molecule has 0 bridgehead atoms. The van der Waals surface area contributed by atoms with Crippen LogP contribution in [0.3, 0.4) is 0 Å².